The Morgan fingerprint density at radius 2 is 2.04 bits per heavy atom. The second-order valence-corrected chi connectivity index (χ2v) is 8.97. The highest BCUT2D eigenvalue weighted by Gasteiger charge is 2.38. The Labute approximate surface area is 170 Å². The number of furan rings is 1. The molecular formula is C22H26N2O3S. The van der Waals surface area contributed by atoms with Gasteiger partial charge in [0.25, 0.3) is 0 Å². The molecule has 0 aliphatic carbocycles. The van der Waals surface area contributed by atoms with Crippen molar-refractivity contribution in [2.75, 3.05) is 30.3 Å². The summed E-state index contributed by atoms with van der Waals surface area (Å²) in [4.78, 5) is 29.4. The zero-order valence-electron chi connectivity index (χ0n) is 16.4. The number of aryl methyl sites for hydroxylation is 2. The molecule has 0 saturated carbocycles. The molecule has 0 spiro atoms. The van der Waals surface area contributed by atoms with Crippen LogP contribution in [0.25, 0.3) is 0 Å². The number of amides is 2. The van der Waals surface area contributed by atoms with E-state index in [-0.39, 0.29) is 17.7 Å². The van der Waals surface area contributed by atoms with Crippen LogP contribution >= 0.6 is 11.8 Å². The molecule has 1 aromatic heterocycles. The van der Waals surface area contributed by atoms with E-state index in [2.05, 4.69) is 6.92 Å². The van der Waals surface area contributed by atoms with E-state index in [0.717, 1.165) is 35.7 Å². The maximum atomic E-state index is 13.1. The first-order valence-corrected chi connectivity index (χ1v) is 10.9. The van der Waals surface area contributed by atoms with Crippen LogP contribution in [0.5, 0.6) is 0 Å². The van der Waals surface area contributed by atoms with Crippen LogP contribution in [0.1, 0.15) is 35.0 Å². The normalized spacial score (nSPS) is 23.1. The molecule has 0 bridgehead atoms. The third-order valence-electron chi connectivity index (χ3n) is 5.79. The van der Waals surface area contributed by atoms with E-state index in [1.54, 1.807) is 11.2 Å². The van der Waals surface area contributed by atoms with Crippen molar-refractivity contribution in [1.29, 1.82) is 0 Å². The van der Waals surface area contributed by atoms with Crippen LogP contribution in [-0.2, 0) is 9.59 Å². The summed E-state index contributed by atoms with van der Waals surface area (Å²) in [6, 6.07) is 9.97. The van der Waals surface area contributed by atoms with Crippen LogP contribution in [0.2, 0.25) is 0 Å². The molecule has 4 rings (SSSR count). The Morgan fingerprint density at radius 3 is 2.79 bits per heavy atom. The minimum absolute atomic E-state index is 0.0410. The second kappa shape index (κ2) is 8.03. The van der Waals surface area contributed by atoms with Gasteiger partial charge in [-0.15, -0.1) is 11.8 Å². The van der Waals surface area contributed by atoms with Crippen molar-refractivity contribution in [3.05, 3.63) is 53.5 Å². The highest BCUT2D eigenvalue weighted by molar-refractivity contribution is 7.99. The van der Waals surface area contributed by atoms with Gasteiger partial charge in [0.2, 0.25) is 11.8 Å². The van der Waals surface area contributed by atoms with Gasteiger partial charge in [0.15, 0.2) is 0 Å². The summed E-state index contributed by atoms with van der Waals surface area (Å²) < 4.78 is 5.54. The Kier molecular flexibility index (Phi) is 5.49. The molecule has 2 saturated heterocycles. The predicted molar refractivity (Wildman–Crippen MR) is 111 cm³/mol. The number of thioether (sulfide) groups is 1. The average molecular weight is 399 g/mol. The summed E-state index contributed by atoms with van der Waals surface area (Å²) in [5.41, 5.74) is 3.26. The third kappa shape index (κ3) is 3.83. The van der Waals surface area contributed by atoms with Gasteiger partial charge in [-0.3, -0.25) is 9.59 Å². The zero-order chi connectivity index (χ0) is 19.7. The van der Waals surface area contributed by atoms with Crippen molar-refractivity contribution in [2.24, 2.45) is 5.92 Å². The van der Waals surface area contributed by atoms with Crippen molar-refractivity contribution in [3.8, 4) is 0 Å². The first-order chi connectivity index (χ1) is 13.5. The molecule has 2 fully saturated rings. The number of nitrogens with zero attached hydrogens (tertiary/aromatic N) is 2. The molecule has 2 atom stereocenters. The molecule has 1 aromatic carbocycles. The summed E-state index contributed by atoms with van der Waals surface area (Å²) >= 11 is 1.84. The number of carbonyl (C=O) groups excluding carboxylic acids is 2. The molecule has 2 aromatic rings. The summed E-state index contributed by atoms with van der Waals surface area (Å²) in [5.74, 6) is 1.77. The zero-order valence-corrected chi connectivity index (χ0v) is 17.2. The first-order valence-electron chi connectivity index (χ1n) is 9.84. The number of hydrogen-bond donors (Lipinski definition) is 0. The van der Waals surface area contributed by atoms with Crippen molar-refractivity contribution >= 4 is 29.3 Å². The van der Waals surface area contributed by atoms with E-state index in [0.29, 0.717) is 24.8 Å². The van der Waals surface area contributed by atoms with Gasteiger partial charge in [-0.25, -0.2) is 0 Å². The van der Waals surface area contributed by atoms with Gasteiger partial charge < -0.3 is 14.2 Å². The SMILES string of the molecule is Cc1ccc(N2CC(C(=O)N3CCSC(c4ccco4)CC3)CC2=O)cc1C. The topological polar surface area (TPSA) is 53.8 Å². The molecule has 5 nitrogen and oxygen atoms in total. The van der Waals surface area contributed by atoms with E-state index in [4.69, 9.17) is 4.42 Å². The molecule has 6 heteroatoms. The fraction of sp³-hybridized carbons (Fsp3) is 0.455. The van der Waals surface area contributed by atoms with Crippen LogP contribution in [0.4, 0.5) is 5.69 Å². The lowest BCUT2D eigenvalue weighted by atomic mass is 10.1. The van der Waals surface area contributed by atoms with E-state index < -0.39 is 0 Å². The van der Waals surface area contributed by atoms with Gasteiger partial charge in [0, 0.05) is 37.5 Å². The van der Waals surface area contributed by atoms with Crippen LogP contribution in [0, 0.1) is 19.8 Å². The molecule has 2 unspecified atom stereocenters. The number of carbonyl (C=O) groups is 2. The fourth-order valence-corrected chi connectivity index (χ4v) is 5.15. The lowest BCUT2D eigenvalue weighted by molar-refractivity contribution is -0.135. The highest BCUT2D eigenvalue weighted by Crippen LogP contribution is 2.35. The third-order valence-corrected chi connectivity index (χ3v) is 7.08. The predicted octanol–water partition coefficient (Wildman–Crippen LogP) is 3.96. The standard InChI is InChI=1S/C22H26N2O3S/c1-15-5-6-18(12-16(15)2)24-14-17(13-21(24)25)22(26)23-8-7-20(28-11-9-23)19-4-3-10-27-19/h3-6,10,12,17,20H,7-9,11,13-14H2,1-2H3. The average Bonchev–Trinajstić information content (AvgIpc) is 3.28. The molecule has 2 amide bonds. The van der Waals surface area contributed by atoms with Gasteiger partial charge in [-0.05, 0) is 55.7 Å². The van der Waals surface area contributed by atoms with E-state index in [1.807, 2.05) is 53.9 Å². The van der Waals surface area contributed by atoms with Crippen LogP contribution in [0.3, 0.4) is 0 Å². The Morgan fingerprint density at radius 1 is 1.18 bits per heavy atom. The highest BCUT2D eigenvalue weighted by atomic mass is 32.2. The molecule has 148 valence electrons. The number of rotatable bonds is 3. The minimum Gasteiger partial charge on any atom is -0.468 e. The quantitative estimate of drug-likeness (QED) is 0.785. The lowest BCUT2D eigenvalue weighted by Gasteiger charge is -2.24. The molecule has 28 heavy (non-hydrogen) atoms. The molecule has 0 N–H and O–H groups in total. The van der Waals surface area contributed by atoms with E-state index >= 15 is 0 Å². The second-order valence-electron chi connectivity index (χ2n) is 7.66. The van der Waals surface area contributed by atoms with Crippen molar-refractivity contribution < 1.29 is 14.0 Å². The van der Waals surface area contributed by atoms with Crippen molar-refractivity contribution in [2.45, 2.75) is 31.9 Å². The van der Waals surface area contributed by atoms with Gasteiger partial charge in [-0.1, -0.05) is 6.07 Å². The molecule has 0 radical (unpaired) electrons. The van der Waals surface area contributed by atoms with Gasteiger partial charge in [-0.2, -0.15) is 0 Å². The monoisotopic (exact) mass is 398 g/mol. The Balaban J connectivity index is 1.41. The summed E-state index contributed by atoms with van der Waals surface area (Å²) in [5, 5.41) is 0.296. The van der Waals surface area contributed by atoms with Crippen molar-refractivity contribution in [3.63, 3.8) is 0 Å². The van der Waals surface area contributed by atoms with Gasteiger partial charge in [0.05, 0.1) is 17.4 Å². The summed E-state index contributed by atoms with van der Waals surface area (Å²) in [7, 11) is 0. The number of hydrogen-bond acceptors (Lipinski definition) is 4. The maximum absolute atomic E-state index is 13.1. The van der Waals surface area contributed by atoms with Crippen LogP contribution in [-0.4, -0.2) is 42.1 Å². The summed E-state index contributed by atoms with van der Waals surface area (Å²) in [6.45, 7) is 6.03. The Bertz CT molecular complexity index is 865. The molecular weight excluding hydrogens is 372 g/mol. The Hall–Kier alpha value is -2.21. The van der Waals surface area contributed by atoms with E-state index in [1.165, 1.54) is 5.56 Å². The molecule has 2 aliphatic heterocycles. The smallest absolute Gasteiger partial charge is 0.228 e. The van der Waals surface area contributed by atoms with Crippen molar-refractivity contribution in [1.82, 2.24) is 4.90 Å². The molecule has 2 aliphatic rings. The van der Waals surface area contributed by atoms with Crippen LogP contribution < -0.4 is 4.90 Å². The fourth-order valence-electron chi connectivity index (χ4n) is 3.97. The maximum Gasteiger partial charge on any atom is 0.228 e. The van der Waals surface area contributed by atoms with Crippen LogP contribution in [0.15, 0.2) is 41.0 Å². The summed E-state index contributed by atoms with van der Waals surface area (Å²) in [6.07, 6.45) is 2.89. The number of anilines is 1. The first kappa shape index (κ1) is 19.1. The number of benzene rings is 1. The molecule has 3 heterocycles. The minimum atomic E-state index is -0.251. The van der Waals surface area contributed by atoms with Gasteiger partial charge in [0.1, 0.15) is 5.76 Å². The van der Waals surface area contributed by atoms with Gasteiger partial charge >= 0.3 is 0 Å². The van der Waals surface area contributed by atoms with E-state index in [9.17, 15) is 9.59 Å². The largest absolute Gasteiger partial charge is 0.468 e. The lowest BCUT2D eigenvalue weighted by Crippen LogP contribution is -2.38.